The molecule has 29 heavy (non-hydrogen) atoms. The molecule has 0 aliphatic carbocycles. The van der Waals surface area contributed by atoms with Crippen molar-refractivity contribution in [2.75, 3.05) is 37.5 Å². The third kappa shape index (κ3) is 2.67. The molecule has 2 fully saturated rings. The number of carbonyl (C=O) groups is 4. The summed E-state index contributed by atoms with van der Waals surface area (Å²) in [7, 11) is 2.84. The molecule has 5 amide bonds. The van der Waals surface area contributed by atoms with Crippen LogP contribution in [0.1, 0.15) is 25.3 Å². The lowest BCUT2D eigenvalue weighted by atomic mass is 9.68. The van der Waals surface area contributed by atoms with E-state index in [2.05, 4.69) is 10.2 Å². The molecule has 1 spiro atoms. The van der Waals surface area contributed by atoms with Crippen LogP contribution in [-0.2, 0) is 20.7 Å². The molecule has 1 aromatic rings. The number of urea groups is 1. The fourth-order valence-corrected chi connectivity index (χ4v) is 4.88. The molecule has 1 atom stereocenters. The third-order valence-electron chi connectivity index (χ3n) is 6.15. The van der Waals surface area contributed by atoms with E-state index in [4.69, 9.17) is 4.74 Å². The quantitative estimate of drug-likeness (QED) is 0.761. The van der Waals surface area contributed by atoms with Crippen molar-refractivity contribution < 1.29 is 23.9 Å². The minimum absolute atomic E-state index is 0.182. The molecule has 0 bridgehead atoms. The molecule has 0 saturated carbocycles. The Morgan fingerprint density at radius 2 is 1.90 bits per heavy atom. The highest BCUT2D eigenvalue weighted by atomic mass is 16.5. The van der Waals surface area contributed by atoms with Gasteiger partial charge in [0.1, 0.15) is 0 Å². The molecule has 0 aromatic heterocycles. The van der Waals surface area contributed by atoms with E-state index in [0.29, 0.717) is 12.1 Å². The van der Waals surface area contributed by atoms with Crippen molar-refractivity contribution in [2.24, 2.45) is 5.41 Å². The summed E-state index contributed by atoms with van der Waals surface area (Å²) < 4.78 is 4.92. The van der Waals surface area contributed by atoms with Crippen LogP contribution in [0.3, 0.4) is 0 Å². The van der Waals surface area contributed by atoms with Crippen LogP contribution in [-0.4, -0.2) is 67.0 Å². The van der Waals surface area contributed by atoms with Gasteiger partial charge in [-0.05, 0) is 49.9 Å². The molecule has 0 radical (unpaired) electrons. The largest absolute Gasteiger partial charge is 0.450 e. The summed E-state index contributed by atoms with van der Waals surface area (Å²) in [6.45, 7) is 2.70. The van der Waals surface area contributed by atoms with E-state index in [0.717, 1.165) is 34.0 Å². The van der Waals surface area contributed by atoms with Crippen molar-refractivity contribution in [3.8, 4) is 0 Å². The van der Waals surface area contributed by atoms with Crippen LogP contribution in [0.4, 0.5) is 21.0 Å². The summed E-state index contributed by atoms with van der Waals surface area (Å²) >= 11 is 0. The molecule has 1 aromatic carbocycles. The van der Waals surface area contributed by atoms with Crippen LogP contribution in [0.2, 0.25) is 0 Å². The summed E-state index contributed by atoms with van der Waals surface area (Å²) in [5.41, 5.74) is 0.929. The smallest absolute Gasteiger partial charge is 0.411 e. The molecular weight excluding hydrogens is 376 g/mol. The van der Waals surface area contributed by atoms with Crippen molar-refractivity contribution >= 4 is 35.3 Å². The number of nitrogens with one attached hydrogen (secondary N) is 1. The monoisotopic (exact) mass is 400 g/mol. The molecule has 4 rings (SSSR count). The fourth-order valence-electron chi connectivity index (χ4n) is 4.88. The predicted octanol–water partition coefficient (Wildman–Crippen LogP) is 1.82. The number of anilines is 2. The van der Waals surface area contributed by atoms with Gasteiger partial charge in [0.05, 0.1) is 12.6 Å². The molecule has 1 N–H and O–H groups in total. The average Bonchev–Trinajstić information content (AvgIpc) is 3.20. The maximum absolute atomic E-state index is 13.3. The van der Waals surface area contributed by atoms with Crippen LogP contribution < -0.4 is 10.2 Å². The minimum Gasteiger partial charge on any atom is -0.450 e. The standard InChI is InChI=1S/C20H24N4O5/c1-4-29-18(27)21-13-7-8-14-12(10-13)11-20(15-6-5-9-24(14)15)16(25)22(2)19(28)23(3)17(20)26/h7-8,10,15H,4-6,9,11H2,1-3H3,(H,21,27)/t15-/m0/s1. The second kappa shape index (κ2) is 6.75. The summed E-state index contributed by atoms with van der Waals surface area (Å²) in [6, 6.07) is 4.56. The normalized spacial score (nSPS) is 22.7. The molecule has 154 valence electrons. The van der Waals surface area contributed by atoms with Gasteiger partial charge in [0.25, 0.3) is 0 Å². The average molecular weight is 400 g/mol. The van der Waals surface area contributed by atoms with Gasteiger partial charge in [-0.3, -0.25) is 24.7 Å². The van der Waals surface area contributed by atoms with Crippen LogP contribution in [0, 0.1) is 5.41 Å². The van der Waals surface area contributed by atoms with Crippen LogP contribution in [0.15, 0.2) is 18.2 Å². The number of imide groups is 2. The van der Waals surface area contributed by atoms with Gasteiger partial charge in [-0.15, -0.1) is 0 Å². The van der Waals surface area contributed by atoms with Crippen molar-refractivity contribution in [1.82, 2.24) is 9.80 Å². The lowest BCUT2D eigenvalue weighted by molar-refractivity contribution is -0.159. The SMILES string of the molecule is CCOC(=O)Nc1ccc2c(c1)CC1(C(=O)N(C)C(=O)N(C)C1=O)[C@@H]1CCCN21. The molecule has 9 heteroatoms. The Morgan fingerprint density at radius 3 is 2.55 bits per heavy atom. The Kier molecular flexibility index (Phi) is 4.48. The van der Waals surface area contributed by atoms with E-state index in [1.807, 2.05) is 6.07 Å². The number of hydrogen-bond acceptors (Lipinski definition) is 6. The molecule has 0 unspecified atom stereocenters. The predicted molar refractivity (Wildman–Crippen MR) is 105 cm³/mol. The van der Waals surface area contributed by atoms with E-state index < -0.39 is 29.4 Å². The first-order chi connectivity index (χ1) is 13.8. The maximum atomic E-state index is 13.3. The van der Waals surface area contributed by atoms with Gasteiger partial charge in [0.2, 0.25) is 11.8 Å². The zero-order valence-corrected chi connectivity index (χ0v) is 16.7. The molecule has 3 aliphatic heterocycles. The van der Waals surface area contributed by atoms with E-state index in [1.54, 1.807) is 19.1 Å². The number of benzene rings is 1. The van der Waals surface area contributed by atoms with E-state index in [9.17, 15) is 19.2 Å². The molecular formula is C20H24N4O5. The zero-order chi connectivity index (χ0) is 20.9. The number of amides is 5. The Labute approximate surface area is 168 Å². The number of carbonyl (C=O) groups excluding carboxylic acids is 4. The Morgan fingerprint density at radius 1 is 1.21 bits per heavy atom. The number of rotatable bonds is 2. The summed E-state index contributed by atoms with van der Waals surface area (Å²) in [5.74, 6) is -0.922. The van der Waals surface area contributed by atoms with Gasteiger partial charge in [0.15, 0.2) is 5.41 Å². The number of fused-ring (bicyclic) bond motifs is 4. The Hall–Kier alpha value is -3.10. The molecule has 2 saturated heterocycles. The highest BCUT2D eigenvalue weighted by molar-refractivity contribution is 6.20. The first-order valence-electron chi connectivity index (χ1n) is 9.75. The van der Waals surface area contributed by atoms with E-state index in [-0.39, 0.29) is 19.1 Å². The van der Waals surface area contributed by atoms with Crippen LogP contribution in [0.5, 0.6) is 0 Å². The number of nitrogens with zero attached hydrogens (tertiary/aromatic N) is 3. The second-order valence-corrected chi connectivity index (χ2v) is 7.70. The van der Waals surface area contributed by atoms with E-state index in [1.165, 1.54) is 14.1 Å². The number of ether oxygens (including phenoxy) is 1. The van der Waals surface area contributed by atoms with Crippen molar-refractivity contribution in [1.29, 1.82) is 0 Å². The highest BCUT2D eigenvalue weighted by Crippen LogP contribution is 2.49. The first-order valence-corrected chi connectivity index (χ1v) is 9.75. The third-order valence-corrected chi connectivity index (χ3v) is 6.15. The van der Waals surface area contributed by atoms with Gasteiger partial charge in [0, 0.05) is 32.0 Å². The topological polar surface area (TPSA) is 99.3 Å². The van der Waals surface area contributed by atoms with Gasteiger partial charge < -0.3 is 9.64 Å². The molecule has 9 nitrogen and oxygen atoms in total. The van der Waals surface area contributed by atoms with Crippen molar-refractivity contribution in [2.45, 2.75) is 32.2 Å². The summed E-state index contributed by atoms with van der Waals surface area (Å²) in [6.07, 6.45) is 1.18. The van der Waals surface area contributed by atoms with Crippen molar-refractivity contribution in [3.63, 3.8) is 0 Å². The lowest BCUT2D eigenvalue weighted by Crippen LogP contribution is -2.70. The highest BCUT2D eigenvalue weighted by Gasteiger charge is 2.63. The number of hydrogen-bond donors (Lipinski definition) is 1. The maximum Gasteiger partial charge on any atom is 0.411 e. The van der Waals surface area contributed by atoms with Gasteiger partial charge in [-0.2, -0.15) is 0 Å². The molecule has 3 aliphatic rings. The van der Waals surface area contributed by atoms with Crippen molar-refractivity contribution in [3.05, 3.63) is 23.8 Å². The Balaban J connectivity index is 1.78. The summed E-state index contributed by atoms with van der Waals surface area (Å²) in [5, 5.41) is 2.67. The van der Waals surface area contributed by atoms with Crippen LogP contribution >= 0.6 is 0 Å². The van der Waals surface area contributed by atoms with Crippen LogP contribution in [0.25, 0.3) is 0 Å². The van der Waals surface area contributed by atoms with Gasteiger partial charge in [-0.1, -0.05) is 0 Å². The first kappa shape index (κ1) is 19.2. The fraction of sp³-hybridized carbons (Fsp3) is 0.500. The van der Waals surface area contributed by atoms with Gasteiger partial charge >= 0.3 is 12.1 Å². The zero-order valence-electron chi connectivity index (χ0n) is 16.7. The summed E-state index contributed by atoms with van der Waals surface area (Å²) in [4.78, 5) is 54.9. The number of barbiturate groups is 1. The molecule has 3 heterocycles. The minimum atomic E-state index is -1.34. The van der Waals surface area contributed by atoms with E-state index >= 15 is 0 Å². The second-order valence-electron chi connectivity index (χ2n) is 7.70. The Bertz CT molecular complexity index is 890. The van der Waals surface area contributed by atoms with Gasteiger partial charge in [-0.25, -0.2) is 9.59 Å². The lowest BCUT2D eigenvalue weighted by Gasteiger charge is -2.50.